The second kappa shape index (κ2) is 3.45. The molecule has 0 spiro atoms. The average Bonchev–Trinajstić information content (AvgIpc) is 2.03. The summed E-state index contributed by atoms with van der Waals surface area (Å²) >= 11 is 0. The molecule has 0 aliphatic heterocycles. The summed E-state index contributed by atoms with van der Waals surface area (Å²) in [6.45, 7) is 1.16. The van der Waals surface area contributed by atoms with Gasteiger partial charge >= 0.3 is 0 Å². The molecule has 71 valence electrons. The topological polar surface area (TPSA) is 80.1 Å². The fourth-order valence-electron chi connectivity index (χ4n) is 1.05. The molecule has 13 heavy (non-hydrogen) atoms. The highest BCUT2D eigenvalue weighted by Gasteiger charge is 2.13. The Kier molecular flexibility index (Phi) is 2.70. The second-order valence-electron chi connectivity index (χ2n) is 2.80. The summed E-state index contributed by atoms with van der Waals surface area (Å²) < 4.78 is 22.0. The molecular formula is C8H10NO3S. The van der Waals surface area contributed by atoms with Crippen molar-refractivity contribution in [2.45, 2.75) is 18.4 Å². The first kappa shape index (κ1) is 10.2. The third-order valence-electron chi connectivity index (χ3n) is 1.68. The first-order chi connectivity index (χ1) is 5.95. The van der Waals surface area contributed by atoms with Crippen LogP contribution < -0.4 is 5.14 Å². The summed E-state index contributed by atoms with van der Waals surface area (Å²) in [5.41, 5.74) is 0.981. The maximum absolute atomic E-state index is 11.0. The van der Waals surface area contributed by atoms with Crippen LogP contribution in [0.15, 0.2) is 23.1 Å². The van der Waals surface area contributed by atoms with Crippen molar-refractivity contribution in [3.63, 3.8) is 0 Å². The van der Waals surface area contributed by atoms with Crippen LogP contribution in [0.1, 0.15) is 11.1 Å². The Morgan fingerprint density at radius 1 is 1.38 bits per heavy atom. The van der Waals surface area contributed by atoms with Gasteiger partial charge in [-0.2, -0.15) is 0 Å². The number of rotatable bonds is 2. The van der Waals surface area contributed by atoms with Crippen molar-refractivity contribution in [1.82, 2.24) is 0 Å². The van der Waals surface area contributed by atoms with Gasteiger partial charge in [-0.3, -0.25) is 0 Å². The van der Waals surface area contributed by atoms with Crippen LogP contribution in [0.25, 0.3) is 0 Å². The first-order valence-electron chi connectivity index (χ1n) is 3.65. The van der Waals surface area contributed by atoms with Crippen LogP contribution in [0.3, 0.4) is 0 Å². The van der Waals surface area contributed by atoms with Gasteiger partial charge in [0.15, 0.2) is 0 Å². The first-order valence-corrected chi connectivity index (χ1v) is 5.20. The molecule has 0 atom stereocenters. The van der Waals surface area contributed by atoms with Crippen molar-refractivity contribution >= 4 is 10.0 Å². The van der Waals surface area contributed by atoms with Crippen LogP contribution in [-0.2, 0) is 21.7 Å². The molecule has 5 heteroatoms. The highest BCUT2D eigenvalue weighted by Crippen LogP contribution is 2.15. The second-order valence-corrected chi connectivity index (χ2v) is 4.33. The monoisotopic (exact) mass is 200 g/mol. The van der Waals surface area contributed by atoms with Crippen LogP contribution in [-0.4, -0.2) is 8.42 Å². The quantitative estimate of drug-likeness (QED) is 0.757. The third-order valence-corrected chi connectivity index (χ3v) is 2.68. The molecule has 0 fully saturated rings. The van der Waals surface area contributed by atoms with E-state index in [0.29, 0.717) is 0 Å². The van der Waals surface area contributed by atoms with Gasteiger partial charge in [0.25, 0.3) is 0 Å². The molecule has 1 rings (SSSR count). The number of hydrogen-bond acceptors (Lipinski definition) is 2. The summed E-state index contributed by atoms with van der Waals surface area (Å²) in [6.07, 6.45) is 0. The van der Waals surface area contributed by atoms with Crippen molar-refractivity contribution in [2.75, 3.05) is 0 Å². The number of sulfonamides is 1. The standard InChI is InChI=1S/C8H10NO3S/c1-6-2-3-7(5-10)8(4-6)13(9,11)12/h2-4H,5H2,1H3,(H2,9,11,12). The number of hydrogen-bond donors (Lipinski definition) is 1. The minimum absolute atomic E-state index is 0.0671. The molecule has 0 aromatic heterocycles. The van der Waals surface area contributed by atoms with Crippen LogP contribution in [0.4, 0.5) is 0 Å². The third kappa shape index (κ3) is 2.27. The lowest BCUT2D eigenvalue weighted by molar-refractivity contribution is 0.175. The Morgan fingerprint density at radius 2 is 2.00 bits per heavy atom. The zero-order valence-corrected chi connectivity index (χ0v) is 7.97. The van der Waals surface area contributed by atoms with Crippen molar-refractivity contribution < 1.29 is 13.5 Å². The van der Waals surface area contributed by atoms with Gasteiger partial charge in [-0.1, -0.05) is 12.1 Å². The van der Waals surface area contributed by atoms with E-state index >= 15 is 0 Å². The zero-order valence-electron chi connectivity index (χ0n) is 7.15. The molecular weight excluding hydrogens is 190 g/mol. The van der Waals surface area contributed by atoms with Crippen molar-refractivity contribution in [3.8, 4) is 0 Å². The smallest absolute Gasteiger partial charge is 0.232 e. The summed E-state index contributed by atoms with van der Waals surface area (Å²) in [7, 11) is -3.77. The van der Waals surface area contributed by atoms with Gasteiger partial charge < -0.3 is 0 Å². The van der Waals surface area contributed by atoms with Crippen molar-refractivity contribution in [3.05, 3.63) is 29.3 Å². The summed E-state index contributed by atoms with van der Waals surface area (Å²) in [6, 6.07) is 4.58. The Bertz CT molecular complexity index is 411. The van der Waals surface area contributed by atoms with Gasteiger partial charge in [0.05, 0.1) is 4.90 Å². The molecule has 1 aromatic carbocycles. The maximum Gasteiger partial charge on any atom is 0.238 e. The maximum atomic E-state index is 11.0. The summed E-state index contributed by atoms with van der Waals surface area (Å²) in [4.78, 5) is -0.0671. The van der Waals surface area contributed by atoms with E-state index in [9.17, 15) is 13.5 Å². The van der Waals surface area contributed by atoms with Crippen LogP contribution in [0.5, 0.6) is 0 Å². The molecule has 0 amide bonds. The van der Waals surface area contributed by atoms with Gasteiger partial charge in [0.2, 0.25) is 10.0 Å². The summed E-state index contributed by atoms with van der Waals surface area (Å²) in [5.74, 6) is 0. The number of benzene rings is 1. The lowest BCUT2D eigenvalue weighted by Crippen LogP contribution is -2.14. The van der Waals surface area contributed by atoms with Gasteiger partial charge in [0.1, 0.15) is 6.61 Å². The SMILES string of the molecule is Cc1ccc(C[O])c(S(N)(=O)=O)c1. The van der Waals surface area contributed by atoms with Gasteiger partial charge in [-0.05, 0) is 18.6 Å². The van der Waals surface area contributed by atoms with Crippen molar-refractivity contribution in [1.29, 1.82) is 0 Å². The van der Waals surface area contributed by atoms with Crippen LogP contribution >= 0.6 is 0 Å². The molecule has 4 nitrogen and oxygen atoms in total. The normalized spacial score (nSPS) is 11.6. The highest BCUT2D eigenvalue weighted by atomic mass is 32.2. The van der Waals surface area contributed by atoms with Gasteiger partial charge in [0, 0.05) is 5.56 Å². The predicted molar refractivity (Wildman–Crippen MR) is 46.9 cm³/mol. The van der Waals surface area contributed by atoms with Gasteiger partial charge in [-0.25, -0.2) is 18.7 Å². The number of nitrogens with two attached hydrogens (primary N) is 1. The van der Waals surface area contributed by atoms with Crippen LogP contribution in [0, 0.1) is 6.92 Å². The Labute approximate surface area is 77.1 Å². The number of aryl methyl sites for hydroxylation is 1. The van der Waals surface area contributed by atoms with E-state index in [1.54, 1.807) is 13.0 Å². The minimum atomic E-state index is -3.77. The molecule has 0 heterocycles. The Morgan fingerprint density at radius 3 is 2.46 bits per heavy atom. The van der Waals surface area contributed by atoms with E-state index in [1.165, 1.54) is 12.1 Å². The fraction of sp³-hybridized carbons (Fsp3) is 0.250. The Balaban J connectivity index is 3.41. The fourth-order valence-corrected chi connectivity index (χ4v) is 1.89. The molecule has 0 aliphatic carbocycles. The van der Waals surface area contributed by atoms with Gasteiger partial charge in [-0.15, -0.1) is 0 Å². The molecule has 0 saturated carbocycles. The van der Waals surface area contributed by atoms with E-state index in [1.807, 2.05) is 0 Å². The minimum Gasteiger partial charge on any atom is -0.232 e. The predicted octanol–water partition coefficient (Wildman–Crippen LogP) is 0.573. The average molecular weight is 200 g/mol. The number of primary sulfonamides is 1. The van der Waals surface area contributed by atoms with E-state index < -0.39 is 16.6 Å². The molecule has 0 unspecified atom stereocenters. The molecule has 0 bridgehead atoms. The van der Waals surface area contributed by atoms with E-state index in [0.717, 1.165) is 5.56 Å². The van der Waals surface area contributed by atoms with E-state index in [4.69, 9.17) is 5.14 Å². The largest absolute Gasteiger partial charge is 0.238 e. The molecule has 1 radical (unpaired) electrons. The van der Waals surface area contributed by atoms with Crippen molar-refractivity contribution in [2.24, 2.45) is 5.14 Å². The molecule has 0 aliphatic rings. The molecule has 0 saturated heterocycles. The molecule has 1 aromatic rings. The molecule has 2 N–H and O–H groups in total. The highest BCUT2D eigenvalue weighted by molar-refractivity contribution is 7.89. The van der Waals surface area contributed by atoms with E-state index in [-0.39, 0.29) is 10.5 Å². The lowest BCUT2D eigenvalue weighted by Gasteiger charge is -2.04. The van der Waals surface area contributed by atoms with Crippen LogP contribution in [0.2, 0.25) is 0 Å². The zero-order chi connectivity index (χ0) is 10.1. The summed E-state index contributed by atoms with van der Waals surface area (Å²) in [5, 5.41) is 15.5. The van der Waals surface area contributed by atoms with E-state index in [2.05, 4.69) is 0 Å². The lowest BCUT2D eigenvalue weighted by atomic mass is 10.2. The Hall–Kier alpha value is -0.910.